The van der Waals surface area contributed by atoms with Crippen LogP contribution < -0.4 is 15.6 Å². The highest BCUT2D eigenvalue weighted by atomic mass is 32.1. The molecule has 2 saturated heterocycles. The number of pyridine rings is 2. The molecule has 7 atom stereocenters. The van der Waals surface area contributed by atoms with Gasteiger partial charge in [-0.1, -0.05) is 27.7 Å². The van der Waals surface area contributed by atoms with Gasteiger partial charge in [-0.3, -0.25) is 24.4 Å². The van der Waals surface area contributed by atoms with Crippen molar-refractivity contribution in [3.63, 3.8) is 0 Å². The minimum absolute atomic E-state index is 0.0577. The van der Waals surface area contributed by atoms with Gasteiger partial charge in [-0.05, 0) is 62.9 Å². The number of nitrogens with one attached hydrogen (secondary N) is 2. The van der Waals surface area contributed by atoms with E-state index in [1.165, 1.54) is 11.3 Å². The van der Waals surface area contributed by atoms with Crippen LogP contribution in [0, 0.1) is 29.1 Å². The van der Waals surface area contributed by atoms with Crippen molar-refractivity contribution in [3.8, 4) is 22.4 Å². The number of halogens is 2. The summed E-state index contributed by atoms with van der Waals surface area (Å²) in [6.45, 7) is 13.4. The number of ether oxygens (including phenoxy) is 2. The van der Waals surface area contributed by atoms with Crippen LogP contribution in [-0.4, -0.2) is 114 Å². The third kappa shape index (κ3) is 7.71. The minimum atomic E-state index is -3.16. The molecular formula is C45H56F2N8O5S. The summed E-state index contributed by atoms with van der Waals surface area (Å²) >= 11 is 1.38. The standard InChI is InChI=1S/C45H56F2N8O5S/c1-8-34-37(29-17-27(20-48-39(29)25(3)59-7)53-13-11-52(6)12-14-53)30-19-44(4,5)23-60-43(58)40-38-31(45(38,46)47)21-55(51-40)42(57)32(50-41(56)28-15-24(28)2)18-36-49-33(22-61-36)26-9-10-54(34)35(30)16-26/h9-10,16-17,20,22,24-25,28,31-32,38,40,51H,8,11-15,18-19,21,23H2,1-7H3,(H,50,56)/t24-,25-,28-,31-,32-,38-,40-/m0/s1. The average molecular weight is 859 g/mol. The summed E-state index contributed by atoms with van der Waals surface area (Å²) in [5.74, 6) is -7.40. The number of alkyl halides is 2. The number of methoxy groups -OCH3 is 1. The lowest BCUT2D eigenvalue weighted by molar-refractivity contribution is -0.156. The van der Waals surface area contributed by atoms with E-state index in [0.29, 0.717) is 24.3 Å². The lowest BCUT2D eigenvalue weighted by Gasteiger charge is -2.34. The number of nitrogens with zero attached hydrogens (tertiary/aromatic N) is 6. The van der Waals surface area contributed by atoms with Crippen LogP contribution >= 0.6 is 11.3 Å². The first-order valence-electron chi connectivity index (χ1n) is 21.6. The van der Waals surface area contributed by atoms with Gasteiger partial charge in [-0.25, -0.2) is 19.2 Å². The van der Waals surface area contributed by atoms with Gasteiger partial charge >= 0.3 is 5.97 Å². The van der Waals surface area contributed by atoms with E-state index in [9.17, 15) is 14.4 Å². The van der Waals surface area contributed by atoms with Gasteiger partial charge in [0.25, 0.3) is 11.8 Å². The molecule has 61 heavy (non-hydrogen) atoms. The topological polar surface area (TPSA) is 134 Å². The highest BCUT2D eigenvalue weighted by Crippen LogP contribution is 2.59. The zero-order valence-electron chi connectivity index (χ0n) is 36.0. The number of thiazole rings is 1. The number of aromatic nitrogens is 3. The van der Waals surface area contributed by atoms with Crippen molar-refractivity contribution in [2.45, 2.75) is 84.4 Å². The highest BCUT2D eigenvalue weighted by Gasteiger charge is 2.75. The summed E-state index contributed by atoms with van der Waals surface area (Å²) in [5.41, 5.74) is 10.7. The smallest absolute Gasteiger partial charge is 0.325 e. The molecule has 0 spiro atoms. The number of hydrogen-bond acceptors (Lipinski definition) is 11. The van der Waals surface area contributed by atoms with Crippen LogP contribution in [0.4, 0.5) is 14.5 Å². The van der Waals surface area contributed by atoms with E-state index in [4.69, 9.17) is 19.4 Å². The van der Waals surface area contributed by atoms with E-state index >= 15 is 8.78 Å². The molecule has 4 aromatic rings. The van der Waals surface area contributed by atoms with Crippen molar-refractivity contribution >= 4 is 40.3 Å². The molecule has 2 amide bonds. The van der Waals surface area contributed by atoms with E-state index in [2.05, 4.69) is 57.2 Å². The van der Waals surface area contributed by atoms with Crippen LogP contribution in [0.5, 0.6) is 0 Å². The Hall–Kier alpha value is -4.51. The maximum atomic E-state index is 15.4. The fraction of sp³-hybridized carbons (Fsp3) is 0.578. The van der Waals surface area contributed by atoms with Gasteiger partial charge in [0, 0.05) is 97.1 Å². The van der Waals surface area contributed by atoms with Gasteiger partial charge in [0.2, 0.25) is 5.91 Å². The molecule has 4 aromatic heterocycles. The number of esters is 1. The number of cyclic esters (lactones) is 1. The van der Waals surface area contributed by atoms with Crippen molar-refractivity contribution in [2.75, 3.05) is 58.4 Å². The largest absolute Gasteiger partial charge is 0.464 e. The molecule has 0 radical (unpaired) electrons. The number of carbonyl (C=O) groups excluding carboxylic acids is 3. The number of hydrogen-bond donors (Lipinski definition) is 2. The van der Waals surface area contributed by atoms with Crippen LogP contribution in [0.2, 0.25) is 0 Å². The Bertz CT molecular complexity index is 2370. The first-order chi connectivity index (χ1) is 29.1. The molecule has 9 rings (SSSR count). The van der Waals surface area contributed by atoms with Crippen LogP contribution in [0.15, 0.2) is 36.0 Å². The van der Waals surface area contributed by atoms with E-state index in [0.717, 1.165) is 81.7 Å². The second-order valence-electron chi connectivity index (χ2n) is 18.6. The number of aryl methyl sites for hydroxylation is 1. The molecule has 2 saturated carbocycles. The maximum absolute atomic E-state index is 15.4. The zero-order valence-corrected chi connectivity index (χ0v) is 36.8. The predicted octanol–water partition coefficient (Wildman–Crippen LogP) is 5.55. The quantitative estimate of drug-likeness (QED) is 0.228. The SMILES string of the molecule is CCc1c(-c2cc(N3CCN(C)CC3)cnc2[C@H](C)OC)c2c3cc(ccn13)-c1csc(n1)C[C@H](NC(=O)[C@H]1C[C@@H]1C)C(=O)N1C[C@H]3[C@@H]([C@H](N1)C(=O)OCC(C)(C)C2)C3(F)F. The lowest BCUT2D eigenvalue weighted by atomic mass is 9.83. The Kier molecular flexibility index (Phi) is 10.8. The molecular weight excluding hydrogens is 803 g/mol. The molecule has 2 aliphatic carbocycles. The molecule has 0 aromatic carbocycles. The normalized spacial score (nSPS) is 27.9. The zero-order chi connectivity index (χ0) is 43.1. The molecule has 0 unspecified atom stereocenters. The summed E-state index contributed by atoms with van der Waals surface area (Å²) in [7, 11) is 3.82. The monoisotopic (exact) mass is 858 g/mol. The molecule has 3 aliphatic heterocycles. The van der Waals surface area contributed by atoms with Gasteiger partial charge < -0.3 is 29.0 Å². The van der Waals surface area contributed by atoms with E-state index in [1.807, 2.05) is 45.3 Å². The number of piperazine rings is 1. The molecule has 7 heterocycles. The molecule has 4 fully saturated rings. The predicted molar refractivity (Wildman–Crippen MR) is 228 cm³/mol. The molecule has 13 nitrogen and oxygen atoms in total. The van der Waals surface area contributed by atoms with Gasteiger partial charge in [0.15, 0.2) is 0 Å². The second-order valence-corrected chi connectivity index (χ2v) is 19.6. The van der Waals surface area contributed by atoms with Crippen LogP contribution in [-0.2, 0) is 43.1 Å². The summed E-state index contributed by atoms with van der Waals surface area (Å²) in [6, 6.07) is 3.91. The summed E-state index contributed by atoms with van der Waals surface area (Å²) in [5, 5.41) is 6.58. The Balaban J connectivity index is 1.18. The number of rotatable bonds is 7. The lowest BCUT2D eigenvalue weighted by Crippen LogP contribution is -2.61. The van der Waals surface area contributed by atoms with E-state index < -0.39 is 47.1 Å². The highest BCUT2D eigenvalue weighted by molar-refractivity contribution is 7.10. The molecule has 6 bridgehead atoms. The molecule has 5 aliphatic rings. The van der Waals surface area contributed by atoms with Gasteiger partial charge in [0.05, 0.1) is 52.8 Å². The number of amides is 2. The number of carbonyl (C=O) groups is 3. The fourth-order valence-electron chi connectivity index (χ4n) is 9.64. The summed E-state index contributed by atoms with van der Waals surface area (Å²) < 4.78 is 44.9. The van der Waals surface area contributed by atoms with Crippen LogP contribution in [0.1, 0.15) is 69.1 Å². The Morgan fingerprint density at radius 3 is 2.64 bits per heavy atom. The third-order valence-electron chi connectivity index (χ3n) is 13.6. The maximum Gasteiger partial charge on any atom is 0.325 e. The first-order valence-corrected chi connectivity index (χ1v) is 22.5. The number of likely N-dealkylation sites (N-methyl/N-ethyl adjacent to an activating group) is 1. The molecule has 326 valence electrons. The van der Waals surface area contributed by atoms with Crippen molar-refractivity contribution in [3.05, 3.63) is 57.9 Å². The Morgan fingerprint density at radius 2 is 1.93 bits per heavy atom. The van der Waals surface area contributed by atoms with Crippen molar-refractivity contribution in [1.82, 2.24) is 35.0 Å². The van der Waals surface area contributed by atoms with E-state index in [1.54, 1.807) is 7.11 Å². The third-order valence-corrected chi connectivity index (χ3v) is 14.5. The summed E-state index contributed by atoms with van der Waals surface area (Å²) in [4.78, 5) is 56.3. The second kappa shape index (κ2) is 15.7. The number of fused-ring (bicyclic) bond motifs is 8. The van der Waals surface area contributed by atoms with Gasteiger partial charge in [-0.15, -0.1) is 11.3 Å². The number of anilines is 1. The van der Waals surface area contributed by atoms with Crippen molar-refractivity contribution in [1.29, 1.82) is 0 Å². The van der Waals surface area contributed by atoms with Gasteiger partial charge in [0.1, 0.15) is 12.1 Å². The van der Waals surface area contributed by atoms with Crippen LogP contribution in [0.25, 0.3) is 27.9 Å². The average Bonchev–Trinajstić information content (AvgIpc) is 3.96. The summed E-state index contributed by atoms with van der Waals surface area (Å²) in [6.07, 6.45) is 5.65. The van der Waals surface area contributed by atoms with Crippen molar-refractivity contribution in [2.24, 2.45) is 29.1 Å². The number of hydrazine groups is 1. The van der Waals surface area contributed by atoms with Crippen molar-refractivity contribution < 1.29 is 32.6 Å². The fourth-order valence-corrected chi connectivity index (χ4v) is 10.5. The van der Waals surface area contributed by atoms with Gasteiger partial charge in [-0.2, -0.15) is 0 Å². The minimum Gasteiger partial charge on any atom is -0.464 e. The Labute approximate surface area is 359 Å². The first kappa shape index (κ1) is 41.8. The molecule has 2 N–H and O–H groups in total. The van der Waals surface area contributed by atoms with Crippen LogP contribution in [0.3, 0.4) is 0 Å². The Morgan fingerprint density at radius 1 is 1.18 bits per heavy atom. The molecule has 16 heteroatoms. The van der Waals surface area contributed by atoms with E-state index in [-0.39, 0.29) is 43.4 Å².